The predicted molar refractivity (Wildman–Crippen MR) is 72.8 cm³/mol. The average Bonchev–Trinajstić information content (AvgIpc) is 2.32. The van der Waals surface area contributed by atoms with Crippen LogP contribution in [0.1, 0.15) is 30.4 Å². The zero-order valence-corrected chi connectivity index (χ0v) is 11.5. The molecule has 1 heterocycles. The van der Waals surface area contributed by atoms with Gasteiger partial charge in [0.1, 0.15) is 0 Å². The second-order valence-electron chi connectivity index (χ2n) is 4.82. The molecule has 0 aliphatic carbocycles. The first-order valence-electron chi connectivity index (χ1n) is 6.21. The summed E-state index contributed by atoms with van der Waals surface area (Å²) in [4.78, 5) is 0. The third kappa shape index (κ3) is 3.33. The van der Waals surface area contributed by atoms with Crippen LogP contribution in [-0.4, -0.2) is 13.1 Å². The summed E-state index contributed by atoms with van der Waals surface area (Å²) < 4.78 is 1.20. The first-order chi connectivity index (χ1) is 7.75. The Hall–Kier alpha value is -0.340. The van der Waals surface area contributed by atoms with Crippen LogP contribution in [0.3, 0.4) is 0 Å². The van der Waals surface area contributed by atoms with Gasteiger partial charge in [0.15, 0.2) is 0 Å². The zero-order valence-electron chi connectivity index (χ0n) is 9.93. The highest BCUT2D eigenvalue weighted by atomic mass is 79.9. The Morgan fingerprint density at radius 2 is 2.31 bits per heavy atom. The van der Waals surface area contributed by atoms with Crippen molar-refractivity contribution in [2.24, 2.45) is 5.92 Å². The zero-order chi connectivity index (χ0) is 11.4. The van der Waals surface area contributed by atoms with Crippen molar-refractivity contribution >= 4 is 15.9 Å². The van der Waals surface area contributed by atoms with Gasteiger partial charge in [-0.15, -0.1) is 0 Å². The van der Waals surface area contributed by atoms with Gasteiger partial charge < -0.3 is 5.32 Å². The fourth-order valence-corrected chi connectivity index (χ4v) is 2.85. The minimum Gasteiger partial charge on any atom is -0.316 e. The Bertz CT molecular complexity index is 343. The van der Waals surface area contributed by atoms with Crippen molar-refractivity contribution in [1.29, 1.82) is 0 Å². The summed E-state index contributed by atoms with van der Waals surface area (Å²) in [5, 5.41) is 3.49. The van der Waals surface area contributed by atoms with E-state index in [0.29, 0.717) is 0 Å². The van der Waals surface area contributed by atoms with Crippen molar-refractivity contribution in [3.8, 4) is 0 Å². The summed E-state index contributed by atoms with van der Waals surface area (Å²) >= 11 is 3.55. The van der Waals surface area contributed by atoms with E-state index in [1.807, 2.05) is 0 Å². The molecular formula is C14H20BrN. The highest BCUT2D eigenvalue weighted by Gasteiger charge is 2.13. The number of piperidine rings is 1. The first kappa shape index (κ1) is 12.1. The molecule has 1 aromatic rings. The van der Waals surface area contributed by atoms with E-state index in [1.54, 1.807) is 0 Å². The van der Waals surface area contributed by atoms with Crippen LogP contribution in [0.2, 0.25) is 0 Å². The molecule has 1 aliphatic heterocycles. The van der Waals surface area contributed by atoms with E-state index >= 15 is 0 Å². The minimum absolute atomic E-state index is 0.882. The molecule has 1 aliphatic rings. The number of hydrogen-bond donors (Lipinski definition) is 1. The Morgan fingerprint density at radius 3 is 3.06 bits per heavy atom. The van der Waals surface area contributed by atoms with Gasteiger partial charge in [-0.2, -0.15) is 0 Å². The lowest BCUT2D eigenvalue weighted by atomic mass is 9.92. The van der Waals surface area contributed by atoms with E-state index in [-0.39, 0.29) is 0 Å². The van der Waals surface area contributed by atoms with E-state index < -0.39 is 0 Å². The summed E-state index contributed by atoms with van der Waals surface area (Å²) in [6.45, 7) is 4.64. The van der Waals surface area contributed by atoms with E-state index in [2.05, 4.69) is 46.4 Å². The number of rotatable bonds is 3. The molecule has 0 saturated carbocycles. The molecule has 1 aromatic carbocycles. The quantitative estimate of drug-likeness (QED) is 0.891. The van der Waals surface area contributed by atoms with Gasteiger partial charge >= 0.3 is 0 Å². The molecule has 0 radical (unpaired) electrons. The fourth-order valence-electron chi connectivity index (χ4n) is 2.44. The number of benzene rings is 1. The van der Waals surface area contributed by atoms with Crippen molar-refractivity contribution in [1.82, 2.24) is 5.32 Å². The van der Waals surface area contributed by atoms with E-state index in [9.17, 15) is 0 Å². The summed E-state index contributed by atoms with van der Waals surface area (Å²) in [6, 6.07) is 6.60. The number of nitrogens with one attached hydrogen (secondary N) is 1. The molecule has 0 spiro atoms. The van der Waals surface area contributed by atoms with Crippen molar-refractivity contribution in [3.05, 3.63) is 33.8 Å². The van der Waals surface area contributed by atoms with Crippen LogP contribution >= 0.6 is 15.9 Å². The molecule has 2 heteroatoms. The highest BCUT2D eigenvalue weighted by Crippen LogP contribution is 2.21. The SMILES string of the molecule is Cc1ccc(Br)cc1CCC1CCCNC1. The van der Waals surface area contributed by atoms with Crippen LogP contribution in [0.5, 0.6) is 0 Å². The second-order valence-corrected chi connectivity index (χ2v) is 5.74. The molecular weight excluding hydrogens is 262 g/mol. The van der Waals surface area contributed by atoms with Gasteiger partial charge in [0.2, 0.25) is 0 Å². The molecule has 1 nitrogen and oxygen atoms in total. The molecule has 1 unspecified atom stereocenters. The van der Waals surface area contributed by atoms with Gasteiger partial charge in [-0.1, -0.05) is 22.0 Å². The van der Waals surface area contributed by atoms with E-state index in [0.717, 1.165) is 5.92 Å². The molecule has 0 bridgehead atoms. The standard InChI is InChI=1S/C14H20BrN/c1-11-4-7-14(15)9-13(11)6-5-12-3-2-8-16-10-12/h4,7,9,12,16H,2-3,5-6,8,10H2,1H3. The topological polar surface area (TPSA) is 12.0 Å². The molecule has 16 heavy (non-hydrogen) atoms. The van der Waals surface area contributed by atoms with Gasteiger partial charge in [0.25, 0.3) is 0 Å². The Morgan fingerprint density at radius 1 is 1.44 bits per heavy atom. The predicted octanol–water partition coefficient (Wildman–Crippen LogP) is 3.69. The van der Waals surface area contributed by atoms with Crippen LogP contribution in [0.25, 0.3) is 0 Å². The van der Waals surface area contributed by atoms with Gasteiger partial charge in [-0.3, -0.25) is 0 Å². The number of aryl methyl sites for hydroxylation is 2. The van der Waals surface area contributed by atoms with Crippen LogP contribution < -0.4 is 5.32 Å². The monoisotopic (exact) mass is 281 g/mol. The lowest BCUT2D eigenvalue weighted by Crippen LogP contribution is -2.29. The maximum Gasteiger partial charge on any atom is 0.0178 e. The van der Waals surface area contributed by atoms with Crippen LogP contribution in [-0.2, 0) is 6.42 Å². The van der Waals surface area contributed by atoms with E-state index in [1.165, 1.54) is 54.4 Å². The second kappa shape index (κ2) is 5.83. The van der Waals surface area contributed by atoms with E-state index in [4.69, 9.17) is 0 Å². The maximum atomic E-state index is 3.55. The molecule has 2 rings (SSSR count). The van der Waals surface area contributed by atoms with Crippen molar-refractivity contribution in [3.63, 3.8) is 0 Å². The molecule has 1 saturated heterocycles. The molecule has 1 atom stereocenters. The molecule has 1 fully saturated rings. The Balaban J connectivity index is 1.90. The smallest absolute Gasteiger partial charge is 0.0178 e. The number of hydrogen-bond acceptors (Lipinski definition) is 1. The largest absolute Gasteiger partial charge is 0.316 e. The number of halogens is 1. The van der Waals surface area contributed by atoms with Gasteiger partial charge in [-0.25, -0.2) is 0 Å². The molecule has 0 amide bonds. The van der Waals surface area contributed by atoms with Crippen molar-refractivity contribution < 1.29 is 0 Å². The summed E-state index contributed by atoms with van der Waals surface area (Å²) in [7, 11) is 0. The van der Waals surface area contributed by atoms with Crippen LogP contribution in [0, 0.1) is 12.8 Å². The molecule has 1 N–H and O–H groups in total. The van der Waals surface area contributed by atoms with Gasteiger partial charge in [0.05, 0.1) is 0 Å². The minimum atomic E-state index is 0.882. The van der Waals surface area contributed by atoms with Gasteiger partial charge in [0, 0.05) is 4.47 Å². The lowest BCUT2D eigenvalue weighted by Gasteiger charge is -2.22. The molecule has 0 aromatic heterocycles. The third-order valence-electron chi connectivity index (χ3n) is 3.53. The van der Waals surface area contributed by atoms with Gasteiger partial charge in [-0.05, 0) is 74.9 Å². The summed E-state index contributed by atoms with van der Waals surface area (Å²) in [5.74, 6) is 0.882. The van der Waals surface area contributed by atoms with Crippen LogP contribution in [0.15, 0.2) is 22.7 Å². The fraction of sp³-hybridized carbons (Fsp3) is 0.571. The lowest BCUT2D eigenvalue weighted by molar-refractivity contribution is 0.358. The summed E-state index contributed by atoms with van der Waals surface area (Å²) in [5.41, 5.74) is 2.92. The Labute approximate surface area is 107 Å². The van der Waals surface area contributed by atoms with Crippen molar-refractivity contribution in [2.75, 3.05) is 13.1 Å². The van der Waals surface area contributed by atoms with Crippen molar-refractivity contribution in [2.45, 2.75) is 32.6 Å². The normalized spacial score (nSPS) is 21.0. The summed E-state index contributed by atoms with van der Waals surface area (Å²) in [6.07, 6.45) is 5.30. The average molecular weight is 282 g/mol. The highest BCUT2D eigenvalue weighted by molar-refractivity contribution is 9.10. The molecule has 88 valence electrons. The van der Waals surface area contributed by atoms with Crippen LogP contribution in [0.4, 0.5) is 0 Å². The Kier molecular flexibility index (Phi) is 4.42. The first-order valence-corrected chi connectivity index (χ1v) is 7.01. The maximum absolute atomic E-state index is 3.55. The third-order valence-corrected chi connectivity index (χ3v) is 4.03.